The lowest BCUT2D eigenvalue weighted by molar-refractivity contribution is -0.129. The molecule has 0 aliphatic carbocycles. The summed E-state index contributed by atoms with van der Waals surface area (Å²) < 4.78 is 1.86. The van der Waals surface area contributed by atoms with Gasteiger partial charge in [0.2, 0.25) is 5.91 Å². The Morgan fingerprint density at radius 3 is 2.56 bits per heavy atom. The lowest BCUT2D eigenvalue weighted by atomic mass is 10.1. The van der Waals surface area contributed by atoms with Crippen LogP contribution >= 0.6 is 0 Å². The molecule has 0 saturated carbocycles. The Balaban J connectivity index is 1.82. The van der Waals surface area contributed by atoms with Crippen LogP contribution < -0.4 is 5.56 Å². The van der Waals surface area contributed by atoms with Gasteiger partial charge in [-0.1, -0.05) is 6.07 Å². The smallest absolute Gasteiger partial charge is 0.251 e. The van der Waals surface area contributed by atoms with Crippen molar-refractivity contribution in [3.05, 3.63) is 63.8 Å². The summed E-state index contributed by atoms with van der Waals surface area (Å²) >= 11 is 0. The van der Waals surface area contributed by atoms with Crippen molar-refractivity contribution >= 4 is 5.91 Å². The second-order valence-corrected chi connectivity index (χ2v) is 6.65. The monoisotopic (exact) mass is 340 g/mol. The molecule has 25 heavy (non-hydrogen) atoms. The fraction of sp³-hybridized carbons (Fsp3) is 0.421. The van der Waals surface area contributed by atoms with Gasteiger partial charge in [-0.3, -0.25) is 19.5 Å². The van der Waals surface area contributed by atoms with E-state index in [-0.39, 0.29) is 11.5 Å². The van der Waals surface area contributed by atoms with E-state index in [4.69, 9.17) is 0 Å². The molecule has 0 aromatic carbocycles. The van der Waals surface area contributed by atoms with Crippen LogP contribution in [0.15, 0.2) is 41.5 Å². The van der Waals surface area contributed by atoms with Crippen LogP contribution in [0, 0.1) is 0 Å². The zero-order valence-electron chi connectivity index (χ0n) is 14.8. The summed E-state index contributed by atoms with van der Waals surface area (Å²) in [5, 5.41) is 0. The number of hydrogen-bond acceptors (Lipinski definition) is 4. The number of carbonyl (C=O) groups is 1. The van der Waals surface area contributed by atoms with E-state index >= 15 is 0 Å². The van der Waals surface area contributed by atoms with Gasteiger partial charge >= 0.3 is 0 Å². The van der Waals surface area contributed by atoms with Gasteiger partial charge in [0.15, 0.2) is 0 Å². The summed E-state index contributed by atoms with van der Waals surface area (Å²) in [5.41, 5.74) is 3.38. The van der Waals surface area contributed by atoms with Gasteiger partial charge in [-0.2, -0.15) is 0 Å². The molecule has 1 aliphatic heterocycles. The van der Waals surface area contributed by atoms with Crippen LogP contribution in [-0.4, -0.2) is 59.0 Å². The van der Waals surface area contributed by atoms with E-state index in [2.05, 4.69) is 9.88 Å². The highest BCUT2D eigenvalue weighted by molar-refractivity contribution is 5.77. The number of amides is 1. The van der Waals surface area contributed by atoms with E-state index in [0.717, 1.165) is 37.2 Å². The maximum absolute atomic E-state index is 12.4. The van der Waals surface area contributed by atoms with E-state index in [0.29, 0.717) is 13.1 Å². The van der Waals surface area contributed by atoms with Gasteiger partial charge < -0.3 is 9.47 Å². The first-order chi connectivity index (χ1) is 12.0. The third-order valence-corrected chi connectivity index (χ3v) is 4.70. The number of fused-ring (bicyclic) bond motifs is 1. The Bertz CT molecular complexity index is 799. The molecular weight excluding hydrogens is 316 g/mol. The average Bonchev–Trinajstić information content (AvgIpc) is 2.81. The Kier molecular flexibility index (Phi) is 5.28. The van der Waals surface area contributed by atoms with Crippen LogP contribution in [0.1, 0.15) is 16.8 Å². The molecule has 0 atom stereocenters. The fourth-order valence-electron chi connectivity index (χ4n) is 3.18. The van der Waals surface area contributed by atoms with Crippen molar-refractivity contribution in [2.24, 2.45) is 0 Å². The summed E-state index contributed by atoms with van der Waals surface area (Å²) in [6.45, 7) is 2.60. The molecule has 0 fully saturated rings. The van der Waals surface area contributed by atoms with Gasteiger partial charge in [-0.25, -0.2) is 0 Å². The largest absolute Gasteiger partial charge is 0.348 e. The minimum absolute atomic E-state index is 0.0216. The van der Waals surface area contributed by atoms with E-state index < -0.39 is 0 Å². The zero-order valence-corrected chi connectivity index (χ0v) is 14.8. The summed E-state index contributed by atoms with van der Waals surface area (Å²) in [7, 11) is 3.56. The minimum Gasteiger partial charge on any atom is -0.348 e. The van der Waals surface area contributed by atoms with Crippen LogP contribution in [0.2, 0.25) is 0 Å². The third kappa shape index (κ3) is 4.14. The lowest BCUT2D eigenvalue weighted by Crippen LogP contribution is -2.38. The molecule has 3 rings (SSSR count). The van der Waals surface area contributed by atoms with E-state index in [9.17, 15) is 9.59 Å². The Hall–Kier alpha value is -2.47. The maximum Gasteiger partial charge on any atom is 0.251 e. The van der Waals surface area contributed by atoms with Crippen LogP contribution in [0.5, 0.6) is 0 Å². The maximum atomic E-state index is 12.4. The fourth-order valence-corrected chi connectivity index (χ4v) is 3.18. The molecule has 2 aromatic rings. The molecule has 0 saturated heterocycles. The average molecular weight is 340 g/mol. The second-order valence-electron chi connectivity index (χ2n) is 6.65. The first kappa shape index (κ1) is 17.4. The van der Waals surface area contributed by atoms with Crippen molar-refractivity contribution in [1.29, 1.82) is 0 Å². The molecule has 6 nitrogen and oxygen atoms in total. The molecule has 6 heteroatoms. The van der Waals surface area contributed by atoms with Gasteiger partial charge in [0, 0.05) is 57.8 Å². The third-order valence-electron chi connectivity index (χ3n) is 4.70. The topological polar surface area (TPSA) is 58.4 Å². The quantitative estimate of drug-likeness (QED) is 0.825. The first-order valence-corrected chi connectivity index (χ1v) is 8.57. The lowest BCUT2D eigenvalue weighted by Gasteiger charge is -2.21. The van der Waals surface area contributed by atoms with Gasteiger partial charge in [0.25, 0.3) is 5.56 Å². The Morgan fingerprint density at radius 2 is 1.84 bits per heavy atom. The van der Waals surface area contributed by atoms with Crippen LogP contribution in [-0.2, 0) is 24.2 Å². The van der Waals surface area contributed by atoms with E-state index in [1.807, 2.05) is 22.8 Å². The summed E-state index contributed by atoms with van der Waals surface area (Å²) in [5.74, 6) is 0.111. The zero-order chi connectivity index (χ0) is 17.8. The highest BCUT2D eigenvalue weighted by Gasteiger charge is 2.19. The Labute approximate surface area is 147 Å². The molecular formula is C19H24N4O2. The predicted molar refractivity (Wildman–Crippen MR) is 96.6 cm³/mol. The van der Waals surface area contributed by atoms with Crippen molar-refractivity contribution < 1.29 is 4.79 Å². The first-order valence-electron chi connectivity index (χ1n) is 8.57. The minimum atomic E-state index is 0.0216. The van der Waals surface area contributed by atoms with Crippen molar-refractivity contribution in [3.8, 4) is 0 Å². The number of aromatic nitrogens is 2. The highest BCUT2D eigenvalue weighted by Crippen LogP contribution is 2.15. The summed E-state index contributed by atoms with van der Waals surface area (Å²) in [6.07, 6.45) is 5.12. The number of nitrogens with zero attached hydrogens (tertiary/aromatic N) is 4. The van der Waals surface area contributed by atoms with Crippen molar-refractivity contribution in [1.82, 2.24) is 19.4 Å². The molecule has 2 aromatic heterocycles. The van der Waals surface area contributed by atoms with Gasteiger partial charge in [-0.05, 0) is 29.7 Å². The molecule has 3 heterocycles. The van der Waals surface area contributed by atoms with E-state index in [1.54, 1.807) is 37.5 Å². The highest BCUT2D eigenvalue weighted by atomic mass is 16.2. The molecule has 0 spiro atoms. The summed E-state index contributed by atoms with van der Waals surface area (Å²) in [6, 6.07) is 7.47. The van der Waals surface area contributed by atoms with Crippen molar-refractivity contribution in [2.75, 3.05) is 33.7 Å². The molecule has 132 valence electrons. The number of rotatable bonds is 4. The standard InChI is InChI=1S/C19H24N4O2/c1-21(2)19(25)14-22-11-7-16-3-4-18(24)23(17(16)8-12-22)13-15-5-9-20-10-6-15/h3-6,9-10H,7-8,11-14H2,1-2H3. The number of hydrogen-bond donors (Lipinski definition) is 0. The number of likely N-dealkylation sites (N-methyl/N-ethyl adjacent to an activating group) is 1. The number of pyridine rings is 2. The normalized spacial score (nSPS) is 14.6. The number of carbonyl (C=O) groups excluding carboxylic acids is 1. The summed E-state index contributed by atoms with van der Waals surface area (Å²) in [4.78, 5) is 32.2. The molecule has 1 amide bonds. The SMILES string of the molecule is CN(C)C(=O)CN1CCc2ccc(=O)n(Cc3ccncc3)c2CC1. The van der Waals surface area contributed by atoms with Crippen molar-refractivity contribution in [2.45, 2.75) is 19.4 Å². The molecule has 1 aliphatic rings. The van der Waals surface area contributed by atoms with Gasteiger partial charge in [0.1, 0.15) is 0 Å². The molecule has 0 N–H and O–H groups in total. The van der Waals surface area contributed by atoms with Gasteiger partial charge in [-0.15, -0.1) is 0 Å². The van der Waals surface area contributed by atoms with E-state index in [1.165, 1.54) is 5.56 Å². The van der Waals surface area contributed by atoms with Gasteiger partial charge in [0.05, 0.1) is 13.1 Å². The van der Waals surface area contributed by atoms with Crippen LogP contribution in [0.3, 0.4) is 0 Å². The second kappa shape index (κ2) is 7.61. The predicted octanol–water partition coefficient (Wildman–Crippen LogP) is 0.780. The van der Waals surface area contributed by atoms with Crippen LogP contribution in [0.4, 0.5) is 0 Å². The Morgan fingerprint density at radius 1 is 1.12 bits per heavy atom. The van der Waals surface area contributed by atoms with Crippen LogP contribution in [0.25, 0.3) is 0 Å². The molecule has 0 unspecified atom stereocenters. The molecule has 0 radical (unpaired) electrons. The van der Waals surface area contributed by atoms with Crippen molar-refractivity contribution in [3.63, 3.8) is 0 Å². The molecule has 0 bridgehead atoms.